The first kappa shape index (κ1) is 6.73. The topological polar surface area (TPSA) is 20.2 Å². The van der Waals surface area contributed by atoms with Gasteiger partial charge in [-0.25, -0.2) is 0 Å². The van der Waals surface area contributed by atoms with E-state index in [1.54, 1.807) is 0 Å². The fourth-order valence-electron chi connectivity index (χ4n) is 0.774. The number of hydrogen-bond donors (Lipinski definition) is 1. The average Bonchev–Trinajstić information content (AvgIpc) is 1.91. The predicted octanol–water partition coefficient (Wildman–Crippen LogP) is -1.53. The third-order valence-electron chi connectivity index (χ3n) is 1.24. The van der Waals surface area contributed by atoms with Gasteiger partial charge in [0.05, 0.1) is 9.04 Å². The fourth-order valence-corrected chi connectivity index (χ4v) is 3.41. The molecule has 0 unspecified atom stereocenters. The van der Waals surface area contributed by atoms with E-state index >= 15 is 0 Å². The van der Waals surface area contributed by atoms with Gasteiger partial charge in [-0.3, -0.25) is 0 Å². The summed E-state index contributed by atoms with van der Waals surface area (Å²) in [4.78, 5) is 8.72. The van der Waals surface area contributed by atoms with Crippen LogP contribution < -0.4 is 5.19 Å². The van der Waals surface area contributed by atoms with Crippen molar-refractivity contribution in [2.24, 2.45) is 0 Å². The van der Waals surface area contributed by atoms with Crippen LogP contribution in [-0.2, 0) is 0 Å². The summed E-state index contributed by atoms with van der Waals surface area (Å²) in [7, 11) is -0.852. The molecule has 0 heterocycles. The zero-order valence-electron chi connectivity index (χ0n) is 5.25. The Morgan fingerprint density at radius 2 is 1.78 bits per heavy atom. The normalized spacial score (nSPS) is 12.1. The molecule has 1 aromatic carbocycles. The first-order chi connectivity index (χ1) is 4.43. The van der Waals surface area contributed by atoms with Crippen molar-refractivity contribution < 1.29 is 4.80 Å². The van der Waals surface area contributed by atoms with Gasteiger partial charge in [-0.05, 0) is 0 Å². The summed E-state index contributed by atoms with van der Waals surface area (Å²) >= 11 is 0. The lowest BCUT2D eigenvalue weighted by Gasteiger charge is -1.91. The summed E-state index contributed by atoms with van der Waals surface area (Å²) in [6.07, 6.45) is 0. The zero-order valence-corrected chi connectivity index (χ0v) is 8.08. The fraction of sp³-hybridized carbons (Fsp3) is 0. The molecule has 0 atom stereocenters. The van der Waals surface area contributed by atoms with Gasteiger partial charge in [0.1, 0.15) is 9.28 Å². The molecular weight excluding hydrogens is 144 g/mol. The monoisotopic (exact) mass is 154 g/mol. The van der Waals surface area contributed by atoms with E-state index in [0.717, 1.165) is 0 Å². The second kappa shape index (κ2) is 3.60. The molecular formula is C6H10OSi2. The van der Waals surface area contributed by atoms with Crippen LogP contribution in [0.4, 0.5) is 0 Å². The molecule has 0 fully saturated rings. The highest BCUT2D eigenvalue weighted by molar-refractivity contribution is 7.03. The summed E-state index contributed by atoms with van der Waals surface area (Å²) < 4.78 is 0. The van der Waals surface area contributed by atoms with E-state index in [-0.39, 0.29) is 9.04 Å². The Morgan fingerprint density at radius 1 is 1.11 bits per heavy atom. The van der Waals surface area contributed by atoms with Crippen LogP contribution in [0.15, 0.2) is 30.3 Å². The Morgan fingerprint density at radius 3 is 2.33 bits per heavy atom. The number of hydrogen-bond acceptors (Lipinski definition) is 1. The van der Waals surface area contributed by atoms with E-state index in [1.807, 2.05) is 18.2 Å². The molecule has 1 nitrogen and oxygen atoms in total. The lowest BCUT2D eigenvalue weighted by Crippen LogP contribution is -2.19. The summed E-state index contributed by atoms with van der Waals surface area (Å²) in [6.45, 7) is 0. The Hall–Kier alpha value is -0.386. The van der Waals surface area contributed by atoms with E-state index in [0.29, 0.717) is 0 Å². The second-order valence-corrected chi connectivity index (χ2v) is 6.56. The predicted molar refractivity (Wildman–Crippen MR) is 45.4 cm³/mol. The van der Waals surface area contributed by atoms with Crippen molar-refractivity contribution >= 4 is 23.5 Å². The summed E-state index contributed by atoms with van der Waals surface area (Å²) in [5.74, 6) is 0. The molecule has 9 heavy (non-hydrogen) atoms. The molecule has 0 spiro atoms. The molecule has 1 N–H and O–H groups in total. The minimum atomic E-state index is -0.645. The van der Waals surface area contributed by atoms with Gasteiger partial charge < -0.3 is 4.80 Å². The molecule has 0 amide bonds. The van der Waals surface area contributed by atoms with Crippen LogP contribution in [-0.4, -0.2) is 23.1 Å². The molecule has 0 aliphatic rings. The Labute approximate surface area is 59.3 Å². The molecule has 0 radical (unpaired) electrons. The quantitative estimate of drug-likeness (QED) is 0.513. The summed E-state index contributed by atoms with van der Waals surface area (Å²) in [5, 5.41) is 1.40. The highest BCUT2D eigenvalue weighted by Crippen LogP contribution is 1.79. The van der Waals surface area contributed by atoms with Crippen molar-refractivity contribution in [1.29, 1.82) is 0 Å². The van der Waals surface area contributed by atoms with E-state index < -0.39 is 9.28 Å². The van der Waals surface area contributed by atoms with Crippen LogP contribution >= 0.6 is 0 Å². The molecule has 1 rings (SSSR count). The Bertz CT molecular complexity index is 164. The van der Waals surface area contributed by atoms with Crippen molar-refractivity contribution in [3.8, 4) is 0 Å². The molecule has 48 valence electrons. The van der Waals surface area contributed by atoms with Gasteiger partial charge in [0.25, 0.3) is 0 Å². The third-order valence-corrected chi connectivity index (χ3v) is 4.92. The van der Waals surface area contributed by atoms with Crippen LogP contribution in [0.2, 0.25) is 0 Å². The Balaban J connectivity index is 2.61. The molecule has 3 heteroatoms. The second-order valence-electron chi connectivity index (χ2n) is 1.96. The van der Waals surface area contributed by atoms with Crippen LogP contribution in [0, 0.1) is 0 Å². The molecule has 0 aliphatic carbocycles. The van der Waals surface area contributed by atoms with Gasteiger partial charge in [0, 0.05) is 0 Å². The van der Waals surface area contributed by atoms with E-state index in [2.05, 4.69) is 12.1 Å². The van der Waals surface area contributed by atoms with Gasteiger partial charge in [-0.2, -0.15) is 0 Å². The highest BCUT2D eigenvalue weighted by atomic mass is 29.2. The first-order valence-electron chi connectivity index (χ1n) is 3.08. The largest absolute Gasteiger partial charge is 0.442 e. The molecule has 0 saturated carbocycles. The van der Waals surface area contributed by atoms with E-state index in [9.17, 15) is 0 Å². The molecule has 0 aromatic heterocycles. The summed E-state index contributed by atoms with van der Waals surface area (Å²) in [6, 6.07) is 10.3. The third kappa shape index (κ3) is 2.13. The summed E-state index contributed by atoms with van der Waals surface area (Å²) in [5.41, 5.74) is 0. The lowest BCUT2D eigenvalue weighted by atomic mass is 10.4. The zero-order chi connectivity index (χ0) is 6.53. The van der Waals surface area contributed by atoms with Crippen molar-refractivity contribution in [2.75, 3.05) is 0 Å². The van der Waals surface area contributed by atoms with Crippen molar-refractivity contribution in [1.82, 2.24) is 0 Å². The lowest BCUT2D eigenvalue weighted by molar-refractivity contribution is 0.621. The van der Waals surface area contributed by atoms with Crippen molar-refractivity contribution in [3.05, 3.63) is 30.3 Å². The SMILES string of the molecule is O[SiH2][SiH2]c1ccccc1. The average molecular weight is 154 g/mol. The minimum Gasteiger partial charge on any atom is -0.442 e. The van der Waals surface area contributed by atoms with Crippen LogP contribution in [0.25, 0.3) is 0 Å². The van der Waals surface area contributed by atoms with Crippen LogP contribution in [0.5, 0.6) is 0 Å². The molecule has 1 aromatic rings. The smallest absolute Gasteiger partial charge is 0.144 e. The standard InChI is InChI=1S/C6H10OSi2/c7-9-8-6-4-2-1-3-5-6/h1-5,7H,8-9H2. The molecule has 0 bridgehead atoms. The van der Waals surface area contributed by atoms with E-state index in [4.69, 9.17) is 4.80 Å². The van der Waals surface area contributed by atoms with Crippen LogP contribution in [0.1, 0.15) is 0 Å². The van der Waals surface area contributed by atoms with E-state index in [1.165, 1.54) is 5.19 Å². The van der Waals surface area contributed by atoms with Crippen LogP contribution in [0.3, 0.4) is 0 Å². The van der Waals surface area contributed by atoms with Gasteiger partial charge in [-0.15, -0.1) is 0 Å². The minimum absolute atomic E-state index is 0.207. The number of benzene rings is 1. The molecule has 0 aliphatic heterocycles. The molecule has 0 saturated heterocycles. The van der Waals surface area contributed by atoms with Crippen molar-refractivity contribution in [2.45, 2.75) is 0 Å². The van der Waals surface area contributed by atoms with Gasteiger partial charge in [-0.1, -0.05) is 35.5 Å². The van der Waals surface area contributed by atoms with Crippen molar-refractivity contribution in [3.63, 3.8) is 0 Å². The highest BCUT2D eigenvalue weighted by Gasteiger charge is 1.87. The maximum Gasteiger partial charge on any atom is 0.144 e. The van der Waals surface area contributed by atoms with Gasteiger partial charge >= 0.3 is 0 Å². The first-order valence-corrected chi connectivity index (χ1v) is 8.42. The van der Waals surface area contributed by atoms with Gasteiger partial charge in [0.2, 0.25) is 0 Å². The Kier molecular flexibility index (Phi) is 2.69. The van der Waals surface area contributed by atoms with Gasteiger partial charge in [0.15, 0.2) is 0 Å². The number of rotatable bonds is 2. The maximum absolute atomic E-state index is 8.72. The maximum atomic E-state index is 8.72.